The van der Waals surface area contributed by atoms with Crippen LogP contribution in [-0.4, -0.2) is 37.2 Å². The summed E-state index contributed by atoms with van der Waals surface area (Å²) in [4.78, 5) is 37.8. The summed E-state index contributed by atoms with van der Waals surface area (Å²) in [7, 11) is 0. The van der Waals surface area contributed by atoms with Crippen molar-refractivity contribution in [2.24, 2.45) is 0 Å². The molecule has 61 heavy (non-hydrogen) atoms. The molecule has 0 amide bonds. The highest BCUT2D eigenvalue weighted by Gasteiger charge is 2.19. The molecular weight excluding hydrogens is 757 g/mol. The van der Waals surface area contributed by atoms with Crippen molar-refractivity contribution in [2.75, 3.05) is 13.2 Å². The second kappa shape index (κ2) is 49.5. The smallest absolute Gasteiger partial charge is 0.306 e. The molecule has 0 saturated carbocycles. The molecule has 0 aromatic rings. The van der Waals surface area contributed by atoms with Gasteiger partial charge in [-0.15, -0.1) is 0 Å². The molecule has 0 bridgehead atoms. The van der Waals surface area contributed by atoms with Gasteiger partial charge in [-0.05, 0) is 83.5 Å². The minimum atomic E-state index is -0.799. The number of carbonyl (C=O) groups is 3. The molecule has 0 saturated heterocycles. The average molecular weight is 851 g/mol. The van der Waals surface area contributed by atoms with Crippen molar-refractivity contribution in [2.45, 2.75) is 245 Å². The third kappa shape index (κ3) is 47.7. The van der Waals surface area contributed by atoms with Gasteiger partial charge in [0, 0.05) is 19.3 Å². The molecule has 1 atom stereocenters. The van der Waals surface area contributed by atoms with E-state index in [0.29, 0.717) is 25.7 Å². The summed E-state index contributed by atoms with van der Waals surface area (Å²) in [5, 5.41) is 0. The summed E-state index contributed by atoms with van der Waals surface area (Å²) >= 11 is 0. The summed E-state index contributed by atoms with van der Waals surface area (Å²) in [6.07, 6.45) is 61.8. The fraction of sp³-hybridized carbons (Fsp3) is 0.727. The summed E-state index contributed by atoms with van der Waals surface area (Å²) in [6.45, 7) is 6.41. The van der Waals surface area contributed by atoms with E-state index in [-0.39, 0.29) is 31.1 Å². The molecule has 0 radical (unpaired) electrons. The average Bonchev–Trinajstić information content (AvgIpc) is 3.26. The van der Waals surface area contributed by atoms with Gasteiger partial charge in [-0.3, -0.25) is 14.4 Å². The Balaban J connectivity index is 4.36. The van der Waals surface area contributed by atoms with Gasteiger partial charge < -0.3 is 14.2 Å². The van der Waals surface area contributed by atoms with E-state index in [2.05, 4.69) is 75.5 Å². The van der Waals surface area contributed by atoms with Crippen molar-refractivity contribution in [3.63, 3.8) is 0 Å². The normalized spacial score (nSPS) is 12.6. The lowest BCUT2D eigenvalue weighted by Gasteiger charge is -2.18. The second-order valence-corrected chi connectivity index (χ2v) is 16.8. The Morgan fingerprint density at radius 3 is 1.13 bits per heavy atom. The standard InChI is InChI=1S/C55H94O6/c1-4-7-10-13-16-19-21-23-25-26-27-28-30-31-33-36-39-42-45-48-54(57)60-51-52(50-59-53(56)47-44-41-38-35-18-15-12-9-6-3)61-55(58)49-46-43-40-37-34-32-29-24-22-20-17-14-11-8-5-2/h8,11,14,17,20,22,24,26-27,29,35,38,52H,4-7,9-10,12-13,15-16,18-19,21,23,25,28,30-34,36-37,39-51H2,1-3H3/b11-8-,17-14-,22-20-,27-26-,29-24-,38-35-. The number of esters is 3. The van der Waals surface area contributed by atoms with Crippen molar-refractivity contribution < 1.29 is 28.6 Å². The Morgan fingerprint density at radius 1 is 0.344 bits per heavy atom. The number of rotatable bonds is 45. The highest BCUT2D eigenvalue weighted by Crippen LogP contribution is 2.14. The van der Waals surface area contributed by atoms with E-state index in [9.17, 15) is 14.4 Å². The van der Waals surface area contributed by atoms with Crippen LogP contribution >= 0.6 is 0 Å². The number of hydrogen-bond acceptors (Lipinski definition) is 6. The number of carbonyl (C=O) groups excluding carboxylic acids is 3. The van der Waals surface area contributed by atoms with Crippen LogP contribution in [0.2, 0.25) is 0 Å². The van der Waals surface area contributed by atoms with Gasteiger partial charge in [0.15, 0.2) is 6.10 Å². The summed E-state index contributed by atoms with van der Waals surface area (Å²) in [5.74, 6) is -0.961. The zero-order valence-electron chi connectivity index (χ0n) is 39.9. The number of hydrogen-bond donors (Lipinski definition) is 0. The highest BCUT2D eigenvalue weighted by molar-refractivity contribution is 5.71. The summed E-state index contributed by atoms with van der Waals surface area (Å²) in [6, 6.07) is 0. The van der Waals surface area contributed by atoms with Crippen LogP contribution in [0.25, 0.3) is 0 Å². The predicted molar refractivity (Wildman–Crippen MR) is 261 cm³/mol. The van der Waals surface area contributed by atoms with E-state index in [1.165, 1.54) is 116 Å². The SMILES string of the molecule is CC\C=C/C=C\C=C/C=C\CCCCCCCC(=O)OC(COC(=O)CCC/C=C\CCCCCC)COC(=O)CCCCCCCCC/C=C\CCCCCCCCCC. The first-order valence-corrected chi connectivity index (χ1v) is 25.5. The molecule has 0 aromatic heterocycles. The quantitative estimate of drug-likeness (QED) is 0.0200. The van der Waals surface area contributed by atoms with Crippen LogP contribution in [0.4, 0.5) is 0 Å². The van der Waals surface area contributed by atoms with Crippen molar-refractivity contribution in [1.29, 1.82) is 0 Å². The molecule has 6 heteroatoms. The molecule has 0 spiro atoms. The maximum absolute atomic E-state index is 12.8. The molecule has 1 unspecified atom stereocenters. The van der Waals surface area contributed by atoms with Gasteiger partial charge in [0.05, 0.1) is 0 Å². The van der Waals surface area contributed by atoms with E-state index in [1.54, 1.807) is 0 Å². The maximum Gasteiger partial charge on any atom is 0.306 e. The summed E-state index contributed by atoms with van der Waals surface area (Å²) < 4.78 is 16.7. The van der Waals surface area contributed by atoms with E-state index in [1.807, 2.05) is 18.2 Å². The first-order chi connectivity index (χ1) is 30.0. The third-order valence-electron chi connectivity index (χ3n) is 10.8. The first-order valence-electron chi connectivity index (χ1n) is 25.5. The van der Waals surface area contributed by atoms with Crippen LogP contribution in [0, 0.1) is 0 Å². The molecule has 0 aliphatic heterocycles. The van der Waals surface area contributed by atoms with Crippen molar-refractivity contribution >= 4 is 17.9 Å². The maximum atomic E-state index is 12.8. The van der Waals surface area contributed by atoms with E-state index >= 15 is 0 Å². The van der Waals surface area contributed by atoms with Crippen molar-refractivity contribution in [1.82, 2.24) is 0 Å². The van der Waals surface area contributed by atoms with Gasteiger partial charge in [0.25, 0.3) is 0 Å². The molecule has 350 valence electrons. The minimum absolute atomic E-state index is 0.0961. The topological polar surface area (TPSA) is 78.9 Å². The zero-order chi connectivity index (χ0) is 44.4. The van der Waals surface area contributed by atoms with Crippen LogP contribution < -0.4 is 0 Å². The predicted octanol–water partition coefficient (Wildman–Crippen LogP) is 16.6. The summed E-state index contributed by atoms with van der Waals surface area (Å²) in [5.41, 5.74) is 0. The number of ether oxygens (including phenoxy) is 3. The molecular formula is C55H94O6. The third-order valence-corrected chi connectivity index (χ3v) is 10.8. The van der Waals surface area contributed by atoms with E-state index in [0.717, 1.165) is 77.0 Å². The molecule has 0 heterocycles. The van der Waals surface area contributed by atoms with E-state index in [4.69, 9.17) is 14.2 Å². The fourth-order valence-corrected chi connectivity index (χ4v) is 6.92. The van der Waals surface area contributed by atoms with Crippen molar-refractivity contribution in [3.05, 3.63) is 72.9 Å². The molecule has 0 N–H and O–H groups in total. The Morgan fingerprint density at radius 2 is 0.672 bits per heavy atom. The van der Waals surface area contributed by atoms with Crippen LogP contribution in [0.1, 0.15) is 239 Å². The van der Waals surface area contributed by atoms with E-state index < -0.39 is 6.10 Å². The molecule has 0 aliphatic carbocycles. The minimum Gasteiger partial charge on any atom is -0.462 e. The van der Waals surface area contributed by atoms with Crippen LogP contribution in [-0.2, 0) is 28.6 Å². The largest absolute Gasteiger partial charge is 0.462 e. The first kappa shape index (κ1) is 57.9. The lowest BCUT2D eigenvalue weighted by Crippen LogP contribution is -2.30. The Kier molecular flexibility index (Phi) is 46.9. The Labute approximate surface area is 376 Å². The van der Waals surface area contributed by atoms with Gasteiger partial charge in [-0.2, -0.15) is 0 Å². The number of allylic oxidation sites excluding steroid dienone is 12. The van der Waals surface area contributed by atoms with Gasteiger partial charge in [-0.1, -0.05) is 209 Å². The molecule has 0 aromatic carbocycles. The molecule has 0 aliphatic rings. The van der Waals surface area contributed by atoms with Crippen LogP contribution in [0.3, 0.4) is 0 Å². The monoisotopic (exact) mass is 851 g/mol. The van der Waals surface area contributed by atoms with Gasteiger partial charge in [0.1, 0.15) is 13.2 Å². The number of unbranched alkanes of at least 4 members (excludes halogenated alkanes) is 25. The van der Waals surface area contributed by atoms with Gasteiger partial charge in [0.2, 0.25) is 0 Å². The molecule has 6 nitrogen and oxygen atoms in total. The fourth-order valence-electron chi connectivity index (χ4n) is 6.92. The molecule has 0 fully saturated rings. The van der Waals surface area contributed by atoms with Gasteiger partial charge >= 0.3 is 17.9 Å². The highest BCUT2D eigenvalue weighted by atomic mass is 16.6. The second-order valence-electron chi connectivity index (χ2n) is 16.8. The van der Waals surface area contributed by atoms with Crippen LogP contribution in [0.15, 0.2) is 72.9 Å². The molecule has 0 rings (SSSR count). The Hall–Kier alpha value is -3.15. The zero-order valence-corrected chi connectivity index (χ0v) is 39.9. The van der Waals surface area contributed by atoms with Gasteiger partial charge in [-0.25, -0.2) is 0 Å². The lowest BCUT2D eigenvalue weighted by molar-refractivity contribution is -0.167. The van der Waals surface area contributed by atoms with Crippen molar-refractivity contribution in [3.8, 4) is 0 Å². The van der Waals surface area contributed by atoms with Crippen LogP contribution in [0.5, 0.6) is 0 Å². The Bertz CT molecular complexity index is 1160. The lowest BCUT2D eigenvalue weighted by atomic mass is 10.1.